The highest BCUT2D eigenvalue weighted by Gasteiger charge is 2.22. The summed E-state index contributed by atoms with van der Waals surface area (Å²) in [6.45, 7) is 3.58. The Bertz CT molecular complexity index is 1100. The van der Waals surface area contributed by atoms with Crippen molar-refractivity contribution in [3.63, 3.8) is 0 Å². The summed E-state index contributed by atoms with van der Waals surface area (Å²) in [6, 6.07) is 17.0. The van der Waals surface area contributed by atoms with E-state index in [9.17, 15) is 14.4 Å². The lowest BCUT2D eigenvalue weighted by atomic mass is 10.2. The van der Waals surface area contributed by atoms with Gasteiger partial charge in [-0.3, -0.25) is 19.1 Å². The van der Waals surface area contributed by atoms with E-state index in [1.165, 1.54) is 4.57 Å². The summed E-state index contributed by atoms with van der Waals surface area (Å²) in [5.74, 6) is -0.458. The molecule has 0 radical (unpaired) electrons. The maximum atomic E-state index is 12.6. The fourth-order valence-corrected chi connectivity index (χ4v) is 3.80. The van der Waals surface area contributed by atoms with Crippen LogP contribution in [-0.2, 0) is 22.7 Å². The normalized spacial score (nSPS) is 14.6. The fraction of sp³-hybridized carbons (Fsp3) is 0.348. The summed E-state index contributed by atoms with van der Waals surface area (Å²) in [6.07, 6.45) is 0.237. The summed E-state index contributed by atoms with van der Waals surface area (Å²) in [7, 11) is 0. The van der Waals surface area contributed by atoms with Crippen molar-refractivity contribution in [3.05, 3.63) is 70.7 Å². The molecule has 4 rings (SSSR count). The number of aryl methyl sites for hydroxylation is 1. The molecular formula is C23H26N4O4. The van der Waals surface area contributed by atoms with Crippen molar-refractivity contribution in [1.82, 2.24) is 19.7 Å². The first-order valence-electron chi connectivity index (χ1n) is 10.5. The van der Waals surface area contributed by atoms with Crippen molar-refractivity contribution >= 4 is 22.9 Å². The highest BCUT2D eigenvalue weighted by atomic mass is 16.4. The van der Waals surface area contributed by atoms with E-state index in [2.05, 4.69) is 10.2 Å². The van der Waals surface area contributed by atoms with Crippen molar-refractivity contribution in [1.29, 1.82) is 0 Å². The number of oxazole rings is 1. The summed E-state index contributed by atoms with van der Waals surface area (Å²) in [4.78, 5) is 40.7. The summed E-state index contributed by atoms with van der Waals surface area (Å²) >= 11 is 0. The van der Waals surface area contributed by atoms with Crippen LogP contribution in [0.15, 0.2) is 63.8 Å². The van der Waals surface area contributed by atoms with Gasteiger partial charge in [-0.05, 0) is 17.7 Å². The molecule has 8 nitrogen and oxygen atoms in total. The number of benzene rings is 2. The third kappa shape index (κ3) is 5.21. The molecule has 0 spiro atoms. The number of carbonyl (C=O) groups is 2. The number of piperazine rings is 1. The molecule has 1 aliphatic heterocycles. The average molecular weight is 422 g/mol. The van der Waals surface area contributed by atoms with Crippen LogP contribution in [-0.4, -0.2) is 58.9 Å². The zero-order valence-electron chi connectivity index (χ0n) is 17.3. The monoisotopic (exact) mass is 422 g/mol. The second kappa shape index (κ2) is 9.61. The van der Waals surface area contributed by atoms with E-state index in [4.69, 9.17) is 4.42 Å². The Morgan fingerprint density at radius 2 is 1.65 bits per heavy atom. The van der Waals surface area contributed by atoms with Crippen LogP contribution >= 0.6 is 0 Å². The van der Waals surface area contributed by atoms with Crippen LogP contribution in [0, 0.1) is 0 Å². The van der Waals surface area contributed by atoms with Crippen molar-refractivity contribution in [2.45, 2.75) is 19.5 Å². The fourth-order valence-electron chi connectivity index (χ4n) is 3.80. The van der Waals surface area contributed by atoms with E-state index in [1.807, 2.05) is 48.5 Å². The number of aromatic nitrogens is 1. The van der Waals surface area contributed by atoms with Gasteiger partial charge >= 0.3 is 5.76 Å². The zero-order valence-corrected chi connectivity index (χ0v) is 17.3. The van der Waals surface area contributed by atoms with Crippen molar-refractivity contribution < 1.29 is 14.0 Å². The minimum atomic E-state index is -0.444. The smallest absolute Gasteiger partial charge is 0.408 e. The largest absolute Gasteiger partial charge is 0.419 e. The number of hydrogen-bond donors (Lipinski definition) is 1. The second-order valence-corrected chi connectivity index (χ2v) is 7.66. The number of amides is 2. The molecule has 2 amide bonds. The van der Waals surface area contributed by atoms with E-state index >= 15 is 0 Å². The quantitative estimate of drug-likeness (QED) is 0.623. The minimum Gasteiger partial charge on any atom is -0.408 e. The SMILES string of the molecule is O=C(CN1CCN(C(=O)CCn2c(=O)oc3ccccc32)CC1)NCc1ccccc1. The van der Waals surface area contributed by atoms with E-state index in [0.29, 0.717) is 50.4 Å². The van der Waals surface area contributed by atoms with E-state index in [-0.39, 0.29) is 24.8 Å². The summed E-state index contributed by atoms with van der Waals surface area (Å²) in [5.41, 5.74) is 2.29. The van der Waals surface area contributed by atoms with Gasteiger partial charge in [0, 0.05) is 45.7 Å². The molecule has 1 aromatic heterocycles. The van der Waals surface area contributed by atoms with Crippen LogP contribution < -0.4 is 11.1 Å². The van der Waals surface area contributed by atoms with Gasteiger partial charge in [-0.25, -0.2) is 4.79 Å². The molecule has 8 heteroatoms. The maximum absolute atomic E-state index is 12.6. The number of nitrogens with one attached hydrogen (secondary N) is 1. The Kier molecular flexibility index (Phi) is 6.47. The minimum absolute atomic E-state index is 0.00496. The molecule has 1 saturated heterocycles. The molecule has 31 heavy (non-hydrogen) atoms. The highest BCUT2D eigenvalue weighted by Crippen LogP contribution is 2.13. The van der Waals surface area contributed by atoms with Crippen molar-refractivity contribution in [2.24, 2.45) is 0 Å². The summed E-state index contributed by atoms with van der Waals surface area (Å²) in [5, 5.41) is 2.93. The Morgan fingerprint density at radius 3 is 2.42 bits per heavy atom. The highest BCUT2D eigenvalue weighted by molar-refractivity contribution is 5.78. The third-order valence-corrected chi connectivity index (χ3v) is 5.55. The number of fused-ring (bicyclic) bond motifs is 1. The topological polar surface area (TPSA) is 87.8 Å². The number of carbonyl (C=O) groups excluding carboxylic acids is 2. The van der Waals surface area contributed by atoms with Crippen LogP contribution in [0.2, 0.25) is 0 Å². The van der Waals surface area contributed by atoms with Gasteiger partial charge in [0.15, 0.2) is 5.58 Å². The van der Waals surface area contributed by atoms with Crippen LogP contribution in [0.1, 0.15) is 12.0 Å². The molecule has 1 aliphatic rings. The molecule has 162 valence electrons. The Labute approximate surface area is 180 Å². The maximum Gasteiger partial charge on any atom is 0.419 e. The molecule has 0 aliphatic carbocycles. The molecule has 0 saturated carbocycles. The molecule has 0 atom stereocenters. The van der Waals surface area contributed by atoms with Gasteiger partial charge in [-0.2, -0.15) is 0 Å². The third-order valence-electron chi connectivity index (χ3n) is 5.55. The lowest BCUT2D eigenvalue weighted by molar-refractivity contribution is -0.133. The van der Waals surface area contributed by atoms with E-state index < -0.39 is 5.76 Å². The van der Waals surface area contributed by atoms with E-state index in [1.54, 1.807) is 11.0 Å². The van der Waals surface area contributed by atoms with E-state index in [0.717, 1.165) is 5.56 Å². The second-order valence-electron chi connectivity index (χ2n) is 7.66. The molecule has 1 N–H and O–H groups in total. The molecule has 2 heterocycles. The van der Waals surface area contributed by atoms with Crippen LogP contribution in [0.25, 0.3) is 11.1 Å². The predicted molar refractivity (Wildman–Crippen MR) is 116 cm³/mol. The number of para-hydroxylation sites is 2. The Morgan fingerprint density at radius 1 is 0.935 bits per heavy atom. The zero-order chi connectivity index (χ0) is 21.6. The first-order chi connectivity index (χ1) is 15.1. The average Bonchev–Trinajstić information content (AvgIpc) is 3.12. The predicted octanol–water partition coefficient (Wildman–Crippen LogP) is 1.45. The van der Waals surface area contributed by atoms with Gasteiger partial charge in [0.05, 0.1) is 12.1 Å². The van der Waals surface area contributed by atoms with Crippen LogP contribution in [0.3, 0.4) is 0 Å². The number of rotatable bonds is 7. The number of hydrogen-bond acceptors (Lipinski definition) is 5. The van der Waals surface area contributed by atoms with Gasteiger partial charge in [0.1, 0.15) is 0 Å². The molecule has 3 aromatic rings. The first-order valence-corrected chi connectivity index (χ1v) is 10.5. The lowest BCUT2D eigenvalue weighted by Crippen LogP contribution is -2.51. The first kappa shape index (κ1) is 20.9. The Hall–Kier alpha value is -3.39. The van der Waals surface area contributed by atoms with Crippen molar-refractivity contribution in [2.75, 3.05) is 32.7 Å². The molecule has 0 bridgehead atoms. The Balaban J connectivity index is 1.21. The standard InChI is InChI=1S/C23H26N4O4/c28-21(24-16-18-6-2-1-3-7-18)17-25-12-14-26(15-13-25)22(29)10-11-27-19-8-4-5-9-20(19)31-23(27)30/h1-9H,10-17H2,(H,24,28). The molecular weight excluding hydrogens is 396 g/mol. The van der Waals surface area contributed by atoms with Gasteiger partial charge in [-0.1, -0.05) is 42.5 Å². The molecule has 2 aromatic carbocycles. The van der Waals surface area contributed by atoms with Gasteiger partial charge in [0.25, 0.3) is 0 Å². The van der Waals surface area contributed by atoms with Gasteiger partial charge in [-0.15, -0.1) is 0 Å². The molecule has 1 fully saturated rings. The molecule has 0 unspecified atom stereocenters. The van der Waals surface area contributed by atoms with Crippen molar-refractivity contribution in [3.8, 4) is 0 Å². The number of nitrogens with zero attached hydrogens (tertiary/aromatic N) is 3. The van der Waals surface area contributed by atoms with Crippen LogP contribution in [0.4, 0.5) is 0 Å². The van der Waals surface area contributed by atoms with Crippen LogP contribution in [0.5, 0.6) is 0 Å². The summed E-state index contributed by atoms with van der Waals surface area (Å²) < 4.78 is 6.71. The van der Waals surface area contributed by atoms with Gasteiger partial charge < -0.3 is 14.6 Å². The van der Waals surface area contributed by atoms with Gasteiger partial charge in [0.2, 0.25) is 11.8 Å². The lowest BCUT2D eigenvalue weighted by Gasteiger charge is -2.34.